The van der Waals surface area contributed by atoms with Crippen LogP contribution in [0.2, 0.25) is 0 Å². The first kappa shape index (κ1) is 23.9. The first-order chi connectivity index (χ1) is 11.8. The van der Waals surface area contributed by atoms with Crippen LogP contribution in [-0.2, 0) is 28.5 Å². The van der Waals surface area contributed by atoms with Crippen molar-refractivity contribution in [1.82, 2.24) is 0 Å². The van der Waals surface area contributed by atoms with Crippen LogP contribution in [0.25, 0.3) is 0 Å². The average Bonchev–Trinajstić information content (AvgIpc) is 2.58. The van der Waals surface area contributed by atoms with E-state index in [1.54, 1.807) is 14.2 Å². The molecule has 0 aromatic rings. The molecule has 0 fully saturated rings. The molecule has 0 aliphatic rings. The summed E-state index contributed by atoms with van der Waals surface area (Å²) in [5.41, 5.74) is 0. The van der Waals surface area contributed by atoms with Gasteiger partial charge in [0, 0.05) is 27.1 Å². The summed E-state index contributed by atoms with van der Waals surface area (Å²) >= 11 is 0. The number of methoxy groups -OCH3 is 2. The molecule has 4 unspecified atom stereocenters. The van der Waals surface area contributed by atoms with E-state index in [2.05, 4.69) is 0 Å². The molecule has 6 nitrogen and oxygen atoms in total. The Hall–Kier alpha value is -1.14. The fraction of sp³-hybridized carbons (Fsp3) is 0.895. The molecule has 0 aliphatic heterocycles. The van der Waals surface area contributed by atoms with Gasteiger partial charge in [-0.2, -0.15) is 0 Å². The number of carbonyl (C=O) groups is 2. The van der Waals surface area contributed by atoms with E-state index in [0.717, 1.165) is 32.1 Å². The molecule has 0 bridgehead atoms. The summed E-state index contributed by atoms with van der Waals surface area (Å²) in [6.07, 6.45) is 4.71. The van der Waals surface area contributed by atoms with Gasteiger partial charge in [0.2, 0.25) is 0 Å². The maximum absolute atomic E-state index is 11.7. The van der Waals surface area contributed by atoms with Gasteiger partial charge < -0.3 is 18.9 Å². The van der Waals surface area contributed by atoms with Crippen molar-refractivity contribution in [1.29, 1.82) is 0 Å². The lowest BCUT2D eigenvalue weighted by Crippen LogP contribution is -2.27. The largest absolute Gasteiger partial charge is 0.460 e. The molecule has 148 valence electrons. The summed E-state index contributed by atoms with van der Waals surface area (Å²) in [4.78, 5) is 23.4. The number of hydrogen-bond acceptors (Lipinski definition) is 6. The van der Waals surface area contributed by atoms with Gasteiger partial charge in [-0.1, -0.05) is 19.3 Å². The highest BCUT2D eigenvalue weighted by atomic mass is 16.6. The van der Waals surface area contributed by atoms with E-state index in [4.69, 9.17) is 18.9 Å². The number of esters is 2. The van der Waals surface area contributed by atoms with Crippen molar-refractivity contribution < 1.29 is 28.5 Å². The second kappa shape index (κ2) is 14.1. The highest BCUT2D eigenvalue weighted by molar-refractivity contribution is 5.69. The zero-order chi connectivity index (χ0) is 19.2. The Labute approximate surface area is 152 Å². The Morgan fingerprint density at radius 2 is 0.920 bits per heavy atom. The molecule has 0 aromatic carbocycles. The number of hydrogen-bond donors (Lipinski definition) is 0. The van der Waals surface area contributed by atoms with Crippen LogP contribution in [0, 0.1) is 0 Å². The second-order valence-electron chi connectivity index (χ2n) is 6.54. The number of ether oxygens (including phenoxy) is 4. The predicted octanol–water partition coefficient (Wildman–Crippen LogP) is 3.65. The van der Waals surface area contributed by atoms with Crippen LogP contribution in [0.3, 0.4) is 0 Å². The molecule has 0 amide bonds. The van der Waals surface area contributed by atoms with E-state index in [1.165, 1.54) is 0 Å². The molecule has 0 saturated carbocycles. The van der Waals surface area contributed by atoms with Crippen molar-refractivity contribution in [2.24, 2.45) is 0 Å². The molecular weight excluding hydrogens is 324 g/mol. The Balaban J connectivity index is 3.61. The minimum atomic E-state index is -0.230. The molecule has 0 aromatic heterocycles. The van der Waals surface area contributed by atoms with Gasteiger partial charge in [-0.25, -0.2) is 0 Å². The lowest BCUT2D eigenvalue weighted by atomic mass is 10.1. The third kappa shape index (κ3) is 11.9. The van der Waals surface area contributed by atoms with Gasteiger partial charge in [-0.05, 0) is 40.5 Å². The fourth-order valence-electron chi connectivity index (χ4n) is 2.18. The topological polar surface area (TPSA) is 71.1 Å². The molecule has 0 N–H and O–H groups in total. The van der Waals surface area contributed by atoms with E-state index in [1.807, 2.05) is 27.7 Å². The van der Waals surface area contributed by atoms with Crippen LogP contribution in [0.4, 0.5) is 0 Å². The molecular formula is C19H36O6. The van der Waals surface area contributed by atoms with Gasteiger partial charge in [-0.15, -0.1) is 0 Å². The van der Waals surface area contributed by atoms with Gasteiger partial charge in [0.1, 0.15) is 12.2 Å². The third-order valence-electron chi connectivity index (χ3n) is 4.46. The second-order valence-corrected chi connectivity index (χ2v) is 6.54. The van der Waals surface area contributed by atoms with Crippen molar-refractivity contribution >= 4 is 11.9 Å². The van der Waals surface area contributed by atoms with Crippen molar-refractivity contribution in [2.75, 3.05) is 14.2 Å². The quantitative estimate of drug-likeness (QED) is 0.348. The first-order valence-electron chi connectivity index (χ1n) is 9.26. The van der Waals surface area contributed by atoms with Crippen molar-refractivity contribution in [3.05, 3.63) is 0 Å². The average molecular weight is 360 g/mol. The van der Waals surface area contributed by atoms with E-state index >= 15 is 0 Å². The van der Waals surface area contributed by atoms with Gasteiger partial charge in [0.05, 0.1) is 12.2 Å². The first-order valence-corrected chi connectivity index (χ1v) is 9.26. The lowest BCUT2D eigenvalue weighted by Gasteiger charge is -2.19. The zero-order valence-electron chi connectivity index (χ0n) is 16.7. The molecule has 0 rings (SSSR count). The predicted molar refractivity (Wildman–Crippen MR) is 96.4 cm³/mol. The van der Waals surface area contributed by atoms with E-state index in [0.29, 0.717) is 12.8 Å². The Kier molecular flexibility index (Phi) is 13.4. The van der Waals surface area contributed by atoms with Gasteiger partial charge in [0.15, 0.2) is 0 Å². The summed E-state index contributed by atoms with van der Waals surface area (Å²) < 4.78 is 20.8. The molecule has 6 heteroatoms. The Morgan fingerprint density at radius 3 is 1.24 bits per heavy atom. The molecule has 0 aliphatic carbocycles. The number of unbranched alkanes of at least 4 members (excludes halogenated alkanes) is 4. The van der Waals surface area contributed by atoms with Gasteiger partial charge in [-0.3, -0.25) is 9.59 Å². The van der Waals surface area contributed by atoms with Crippen molar-refractivity contribution in [2.45, 2.75) is 97.1 Å². The zero-order valence-corrected chi connectivity index (χ0v) is 16.7. The molecule has 4 atom stereocenters. The minimum Gasteiger partial charge on any atom is -0.460 e. The van der Waals surface area contributed by atoms with E-state index < -0.39 is 0 Å². The van der Waals surface area contributed by atoms with E-state index in [-0.39, 0.29) is 36.4 Å². The summed E-state index contributed by atoms with van der Waals surface area (Å²) in [5.74, 6) is -0.359. The maximum Gasteiger partial charge on any atom is 0.306 e. The molecule has 0 spiro atoms. The minimum absolute atomic E-state index is 0.0988. The van der Waals surface area contributed by atoms with Crippen LogP contribution in [-0.4, -0.2) is 50.6 Å². The van der Waals surface area contributed by atoms with Crippen LogP contribution in [0.5, 0.6) is 0 Å². The normalized spacial score (nSPS) is 15.9. The highest BCUT2D eigenvalue weighted by Crippen LogP contribution is 2.11. The summed E-state index contributed by atoms with van der Waals surface area (Å²) in [6.45, 7) is 7.41. The number of rotatable bonds is 14. The van der Waals surface area contributed by atoms with Crippen LogP contribution >= 0.6 is 0 Å². The standard InChI is InChI=1S/C19H36O6/c1-14(22-5)16(3)24-18(20)12-10-8-7-9-11-13-19(21)25-17(4)15(2)23-6/h14-17H,7-13H2,1-6H3. The maximum atomic E-state index is 11.7. The third-order valence-corrected chi connectivity index (χ3v) is 4.46. The highest BCUT2D eigenvalue weighted by Gasteiger charge is 2.16. The Bertz CT molecular complexity index is 337. The summed E-state index contributed by atoms with van der Waals surface area (Å²) in [7, 11) is 3.20. The monoisotopic (exact) mass is 360 g/mol. The smallest absolute Gasteiger partial charge is 0.306 e. The SMILES string of the molecule is COC(C)C(C)OC(=O)CCCCCCCC(=O)OC(C)C(C)OC. The number of carbonyl (C=O) groups excluding carboxylic acids is 2. The summed E-state index contributed by atoms with van der Waals surface area (Å²) in [6, 6.07) is 0. The van der Waals surface area contributed by atoms with Crippen molar-refractivity contribution in [3.63, 3.8) is 0 Å². The van der Waals surface area contributed by atoms with Crippen LogP contribution in [0.15, 0.2) is 0 Å². The van der Waals surface area contributed by atoms with Gasteiger partial charge >= 0.3 is 11.9 Å². The van der Waals surface area contributed by atoms with Crippen molar-refractivity contribution in [3.8, 4) is 0 Å². The van der Waals surface area contributed by atoms with Crippen LogP contribution in [0.1, 0.15) is 72.6 Å². The Morgan fingerprint density at radius 1 is 0.600 bits per heavy atom. The molecule has 25 heavy (non-hydrogen) atoms. The fourth-order valence-corrected chi connectivity index (χ4v) is 2.18. The molecule has 0 heterocycles. The van der Waals surface area contributed by atoms with Gasteiger partial charge in [0.25, 0.3) is 0 Å². The van der Waals surface area contributed by atoms with E-state index in [9.17, 15) is 9.59 Å². The molecule has 0 saturated heterocycles. The lowest BCUT2D eigenvalue weighted by molar-refractivity contribution is -0.155. The summed E-state index contributed by atoms with van der Waals surface area (Å²) in [5, 5.41) is 0. The van der Waals surface area contributed by atoms with Crippen LogP contribution < -0.4 is 0 Å². The molecule has 0 radical (unpaired) electrons.